The van der Waals surface area contributed by atoms with E-state index in [2.05, 4.69) is 0 Å². The summed E-state index contributed by atoms with van der Waals surface area (Å²) in [5.74, 6) is -0.892. The Kier molecular flexibility index (Phi) is 4.69. The van der Waals surface area contributed by atoms with Gasteiger partial charge in [-0.2, -0.15) is 13.2 Å². The lowest BCUT2D eigenvalue weighted by atomic mass is 9.70. The maximum atomic E-state index is 13.7. The van der Waals surface area contributed by atoms with Crippen LogP contribution in [0.5, 0.6) is 0 Å². The van der Waals surface area contributed by atoms with Crippen LogP contribution < -0.4 is 4.90 Å². The van der Waals surface area contributed by atoms with Crippen molar-refractivity contribution in [2.75, 3.05) is 4.90 Å². The van der Waals surface area contributed by atoms with E-state index in [9.17, 15) is 22.8 Å². The Bertz CT molecular complexity index is 1010. The van der Waals surface area contributed by atoms with Gasteiger partial charge >= 0.3 is 6.18 Å². The first-order valence-electron chi connectivity index (χ1n) is 9.37. The molecule has 0 fully saturated rings. The number of allylic oxidation sites excluding steroid dienone is 2. The van der Waals surface area contributed by atoms with Crippen molar-refractivity contribution >= 4 is 28.7 Å². The summed E-state index contributed by atoms with van der Waals surface area (Å²) in [6.07, 6.45) is -3.93. The first-order valence-corrected chi connectivity index (χ1v) is 10.3. The largest absolute Gasteiger partial charge is 0.418 e. The van der Waals surface area contributed by atoms with Crippen LogP contribution in [0.2, 0.25) is 0 Å². The molecule has 4 rings (SSSR count). The third-order valence-corrected chi connectivity index (χ3v) is 6.47. The van der Waals surface area contributed by atoms with Crippen LogP contribution >= 0.6 is 11.3 Å². The van der Waals surface area contributed by atoms with Crippen molar-refractivity contribution in [1.82, 2.24) is 0 Å². The summed E-state index contributed by atoms with van der Waals surface area (Å²) in [7, 11) is 0. The number of nitrogens with zero attached hydrogens (tertiary/aromatic N) is 1. The molecule has 2 aliphatic rings. The topological polar surface area (TPSA) is 37.4 Å². The zero-order valence-corrected chi connectivity index (χ0v) is 16.9. The highest BCUT2D eigenvalue weighted by Gasteiger charge is 2.46. The van der Waals surface area contributed by atoms with E-state index in [0.29, 0.717) is 24.1 Å². The molecule has 29 heavy (non-hydrogen) atoms. The Balaban J connectivity index is 1.94. The summed E-state index contributed by atoms with van der Waals surface area (Å²) < 4.78 is 41.0. The Morgan fingerprint density at radius 3 is 2.45 bits per heavy atom. The first kappa shape index (κ1) is 19.9. The molecule has 1 atom stereocenters. The minimum absolute atomic E-state index is 0.0162. The van der Waals surface area contributed by atoms with Gasteiger partial charge in [0.1, 0.15) is 0 Å². The molecule has 3 nitrogen and oxygen atoms in total. The molecule has 0 saturated heterocycles. The van der Waals surface area contributed by atoms with Crippen LogP contribution in [0.25, 0.3) is 0 Å². The summed E-state index contributed by atoms with van der Waals surface area (Å²) in [5, 5.41) is 1.88. The Morgan fingerprint density at radius 1 is 1.07 bits per heavy atom. The standard InChI is InChI=1S/C22H20F3NO2S/c1-21(2)11-16-20(17(27)12-21)13(18-8-5-9-29-18)10-19(28)26(16)15-7-4-3-6-14(15)22(23,24)25/h3-9,13H,10-12H2,1-2H3/t13-/m0/s1. The smallest absolute Gasteiger partial charge is 0.294 e. The SMILES string of the molecule is CC1(C)CC(=O)C2=C(C1)N(c1ccccc1C(F)(F)F)C(=O)C[C@H]2c1cccs1. The highest BCUT2D eigenvalue weighted by Crippen LogP contribution is 2.50. The van der Waals surface area contributed by atoms with Gasteiger partial charge < -0.3 is 0 Å². The van der Waals surface area contributed by atoms with Gasteiger partial charge in [-0.3, -0.25) is 14.5 Å². The first-order chi connectivity index (χ1) is 13.6. The number of alkyl halides is 3. The number of anilines is 1. The number of carbonyl (C=O) groups excluding carboxylic acids is 2. The van der Waals surface area contributed by atoms with E-state index in [1.165, 1.54) is 29.5 Å². The normalized spacial score (nSPS) is 22.1. The third-order valence-electron chi connectivity index (χ3n) is 5.48. The summed E-state index contributed by atoms with van der Waals surface area (Å²) >= 11 is 1.46. The molecule has 0 spiro atoms. The van der Waals surface area contributed by atoms with Gasteiger partial charge in [0.05, 0.1) is 11.3 Å². The summed E-state index contributed by atoms with van der Waals surface area (Å²) in [6.45, 7) is 3.81. The van der Waals surface area contributed by atoms with Gasteiger partial charge in [0, 0.05) is 34.9 Å². The number of hydrogen-bond donors (Lipinski definition) is 0. The molecule has 0 unspecified atom stereocenters. The number of amides is 1. The van der Waals surface area contributed by atoms with Crippen molar-refractivity contribution in [3.63, 3.8) is 0 Å². The van der Waals surface area contributed by atoms with Crippen LogP contribution in [-0.2, 0) is 15.8 Å². The van der Waals surface area contributed by atoms with Crippen LogP contribution in [-0.4, -0.2) is 11.7 Å². The van der Waals surface area contributed by atoms with Gasteiger partial charge in [-0.25, -0.2) is 0 Å². The average Bonchev–Trinajstić information content (AvgIpc) is 3.13. The van der Waals surface area contributed by atoms with Crippen molar-refractivity contribution < 1.29 is 22.8 Å². The number of ketones is 1. The van der Waals surface area contributed by atoms with E-state index in [-0.39, 0.29) is 17.9 Å². The molecule has 7 heteroatoms. The maximum Gasteiger partial charge on any atom is 0.418 e. The number of rotatable bonds is 2. The van der Waals surface area contributed by atoms with Crippen LogP contribution in [0.1, 0.15) is 49.5 Å². The minimum atomic E-state index is -4.60. The molecular weight excluding hydrogens is 399 g/mol. The molecule has 0 saturated carbocycles. The zero-order valence-electron chi connectivity index (χ0n) is 16.0. The number of thiophene rings is 1. The monoisotopic (exact) mass is 419 g/mol. The lowest BCUT2D eigenvalue weighted by Crippen LogP contribution is -2.44. The minimum Gasteiger partial charge on any atom is -0.294 e. The van der Waals surface area contributed by atoms with Crippen molar-refractivity contribution in [1.29, 1.82) is 0 Å². The molecule has 0 bridgehead atoms. The molecule has 152 valence electrons. The fourth-order valence-corrected chi connectivity index (χ4v) is 5.17. The molecule has 0 radical (unpaired) electrons. The molecule has 1 aliphatic carbocycles. The van der Waals surface area contributed by atoms with Gasteiger partial charge in [0.25, 0.3) is 0 Å². The Labute approximate surface area is 170 Å². The number of benzene rings is 1. The summed E-state index contributed by atoms with van der Waals surface area (Å²) in [5.41, 5.74) is -0.599. The number of carbonyl (C=O) groups is 2. The second kappa shape index (κ2) is 6.83. The zero-order chi connectivity index (χ0) is 21.0. The van der Waals surface area contributed by atoms with E-state index in [1.807, 2.05) is 31.4 Å². The lowest BCUT2D eigenvalue weighted by Gasteiger charge is -2.43. The fraction of sp³-hybridized carbons (Fsp3) is 0.364. The van der Waals surface area contributed by atoms with Crippen molar-refractivity contribution in [3.8, 4) is 0 Å². The van der Waals surface area contributed by atoms with Gasteiger partial charge in [0.2, 0.25) is 5.91 Å². The van der Waals surface area contributed by atoms with Gasteiger partial charge in [-0.15, -0.1) is 11.3 Å². The van der Waals surface area contributed by atoms with E-state index >= 15 is 0 Å². The number of para-hydroxylation sites is 1. The second-order valence-corrected chi connectivity index (χ2v) is 9.30. The number of halogens is 3. The summed E-state index contributed by atoms with van der Waals surface area (Å²) in [6, 6.07) is 8.80. The summed E-state index contributed by atoms with van der Waals surface area (Å²) in [4.78, 5) is 28.3. The molecule has 1 aromatic heterocycles. The van der Waals surface area contributed by atoms with E-state index < -0.39 is 29.0 Å². The molecule has 0 N–H and O–H groups in total. The van der Waals surface area contributed by atoms with Crippen molar-refractivity contribution in [2.24, 2.45) is 5.41 Å². The van der Waals surface area contributed by atoms with Crippen LogP contribution in [0.3, 0.4) is 0 Å². The van der Waals surface area contributed by atoms with Crippen molar-refractivity contribution in [2.45, 2.75) is 45.2 Å². The number of hydrogen-bond acceptors (Lipinski definition) is 3. The lowest BCUT2D eigenvalue weighted by molar-refractivity contribution is -0.137. The van der Waals surface area contributed by atoms with Crippen molar-refractivity contribution in [3.05, 3.63) is 63.5 Å². The Morgan fingerprint density at radius 2 is 1.79 bits per heavy atom. The van der Waals surface area contributed by atoms with E-state index in [4.69, 9.17) is 0 Å². The third kappa shape index (κ3) is 3.52. The quantitative estimate of drug-likeness (QED) is 0.605. The maximum absolute atomic E-state index is 13.7. The highest BCUT2D eigenvalue weighted by molar-refractivity contribution is 7.10. The van der Waals surface area contributed by atoms with Crippen LogP contribution in [0.15, 0.2) is 53.0 Å². The second-order valence-electron chi connectivity index (χ2n) is 8.32. The van der Waals surface area contributed by atoms with Gasteiger partial charge in [-0.05, 0) is 35.4 Å². The van der Waals surface area contributed by atoms with Gasteiger partial charge in [0.15, 0.2) is 5.78 Å². The van der Waals surface area contributed by atoms with Crippen LogP contribution in [0.4, 0.5) is 18.9 Å². The van der Waals surface area contributed by atoms with Crippen LogP contribution in [0, 0.1) is 5.41 Å². The fourth-order valence-electron chi connectivity index (χ4n) is 4.34. The Hall–Kier alpha value is -2.41. The molecule has 1 aliphatic heterocycles. The molecule has 1 amide bonds. The van der Waals surface area contributed by atoms with E-state index in [0.717, 1.165) is 15.8 Å². The molecule has 2 aromatic rings. The predicted octanol–water partition coefficient (Wildman–Crippen LogP) is 5.93. The molecule has 1 aromatic carbocycles. The highest BCUT2D eigenvalue weighted by atomic mass is 32.1. The predicted molar refractivity (Wildman–Crippen MR) is 106 cm³/mol. The van der Waals surface area contributed by atoms with Gasteiger partial charge in [-0.1, -0.05) is 32.0 Å². The molecule has 2 heterocycles. The molecular formula is C22H20F3NO2S. The average molecular weight is 419 g/mol. The van der Waals surface area contributed by atoms with E-state index in [1.54, 1.807) is 0 Å². The number of Topliss-reactive ketones (excluding diaryl/α,β-unsaturated/α-hetero) is 1.